The maximum atomic E-state index is 12.2. The van der Waals surface area contributed by atoms with Crippen LogP contribution < -0.4 is 0 Å². The van der Waals surface area contributed by atoms with E-state index in [0.717, 1.165) is 181 Å². The Balaban J connectivity index is 3.79. The van der Waals surface area contributed by atoms with Crippen LogP contribution >= 0.6 is 7.60 Å². The molecule has 0 aromatic carbocycles. The minimum atomic E-state index is -4.03. The highest BCUT2D eigenvalue weighted by atomic mass is 31.2. The maximum Gasteiger partial charge on any atom is 0.326 e. The number of carbonyl (C=O) groups is 2. The molecule has 450 valence electrons. The average Bonchev–Trinajstić information content (AvgIpc) is 3.39. The number of hydrogen-bond acceptors (Lipinski definition) is 10. The van der Waals surface area contributed by atoms with Gasteiger partial charge in [0, 0.05) is 45.6 Å². The van der Waals surface area contributed by atoms with E-state index in [9.17, 15) is 34.2 Å². The summed E-state index contributed by atoms with van der Waals surface area (Å²) in [5, 5.41) is 18.9. The highest BCUT2D eigenvalue weighted by molar-refractivity contribution is 7.51. The standard InChI is InChI=1S/C63H124N3O9P/c1-3-5-7-9-18-28-38-48-64(54-57-67)50-40-30-20-11-12-24-34-44-59-74-62(69)46-36-26-16-13-21-32-42-52-66(56-61-76(71,72)73)53-43-33-22-14-17-27-37-47-63(70)75-60-45-35-25-15-23-31-41-51-65(55-58-68)49-39-29-19-10-8-6-4-2/h18-19,28-29,67-68H,3-17,20-27,30-61H2,1-2H3,(H2,71,72,73)/b28-18-,29-19-. The van der Waals surface area contributed by atoms with Gasteiger partial charge < -0.3 is 44.2 Å². The molecule has 0 aromatic rings. The van der Waals surface area contributed by atoms with E-state index in [2.05, 4.69) is 52.9 Å². The number of allylic oxidation sites excluding steroid dienone is 2. The fourth-order valence-corrected chi connectivity index (χ4v) is 10.4. The fourth-order valence-electron chi connectivity index (χ4n) is 9.88. The molecule has 13 heteroatoms. The molecule has 0 aliphatic rings. The minimum Gasteiger partial charge on any atom is -0.466 e. The van der Waals surface area contributed by atoms with Gasteiger partial charge in [-0.3, -0.25) is 14.2 Å². The van der Waals surface area contributed by atoms with Gasteiger partial charge in [0.25, 0.3) is 0 Å². The summed E-state index contributed by atoms with van der Waals surface area (Å²) < 4.78 is 22.6. The van der Waals surface area contributed by atoms with Gasteiger partial charge in [-0.2, -0.15) is 0 Å². The monoisotopic (exact) mass is 1100 g/mol. The largest absolute Gasteiger partial charge is 0.466 e. The van der Waals surface area contributed by atoms with Gasteiger partial charge in [-0.15, -0.1) is 0 Å². The topological polar surface area (TPSA) is 160 Å². The van der Waals surface area contributed by atoms with Crippen LogP contribution in [0.15, 0.2) is 24.3 Å². The fraction of sp³-hybridized carbons (Fsp3) is 0.905. The first-order valence-electron chi connectivity index (χ1n) is 32.2. The Morgan fingerprint density at radius 1 is 0.355 bits per heavy atom. The second-order valence-electron chi connectivity index (χ2n) is 22.1. The quantitative estimate of drug-likeness (QED) is 0.0198. The lowest BCUT2D eigenvalue weighted by Crippen LogP contribution is -2.29. The zero-order valence-corrected chi connectivity index (χ0v) is 50.7. The van der Waals surface area contributed by atoms with E-state index in [0.29, 0.717) is 32.6 Å². The molecule has 0 spiro atoms. The number of unbranched alkanes of at least 4 members (excludes halogenated alkanes) is 31. The molecule has 0 bridgehead atoms. The normalized spacial score (nSPS) is 12.2. The predicted octanol–water partition coefficient (Wildman–Crippen LogP) is 15.3. The molecule has 76 heavy (non-hydrogen) atoms. The maximum absolute atomic E-state index is 12.2. The Morgan fingerprint density at radius 2 is 0.645 bits per heavy atom. The number of carbonyl (C=O) groups excluding carboxylic acids is 2. The first-order chi connectivity index (χ1) is 37.1. The molecule has 0 amide bonds. The van der Waals surface area contributed by atoms with Gasteiger partial charge in [0.2, 0.25) is 0 Å². The van der Waals surface area contributed by atoms with Crippen LogP contribution in [0.3, 0.4) is 0 Å². The van der Waals surface area contributed by atoms with E-state index in [1.165, 1.54) is 122 Å². The van der Waals surface area contributed by atoms with E-state index < -0.39 is 7.60 Å². The van der Waals surface area contributed by atoms with Gasteiger partial charge in [0.15, 0.2) is 0 Å². The van der Waals surface area contributed by atoms with Crippen LogP contribution in [0.4, 0.5) is 0 Å². The first-order valence-corrected chi connectivity index (χ1v) is 34.0. The third kappa shape index (κ3) is 58.5. The van der Waals surface area contributed by atoms with Crippen LogP contribution in [-0.4, -0.2) is 138 Å². The number of nitrogens with zero attached hydrogens (tertiary/aromatic N) is 3. The van der Waals surface area contributed by atoms with Gasteiger partial charge in [-0.25, -0.2) is 0 Å². The van der Waals surface area contributed by atoms with Crippen molar-refractivity contribution >= 4 is 19.5 Å². The summed E-state index contributed by atoms with van der Waals surface area (Å²) in [6, 6.07) is 0. The van der Waals surface area contributed by atoms with Crippen molar-refractivity contribution in [1.29, 1.82) is 0 Å². The van der Waals surface area contributed by atoms with Crippen molar-refractivity contribution < 1.29 is 43.6 Å². The van der Waals surface area contributed by atoms with Crippen LogP contribution in [0.2, 0.25) is 0 Å². The summed E-state index contributed by atoms with van der Waals surface area (Å²) in [4.78, 5) is 50.5. The zero-order chi connectivity index (χ0) is 55.5. The number of esters is 2. The van der Waals surface area contributed by atoms with Crippen LogP contribution in [0.1, 0.15) is 277 Å². The lowest BCUT2D eigenvalue weighted by atomic mass is 10.1. The number of aliphatic hydroxyl groups is 2. The van der Waals surface area contributed by atoms with Crippen LogP contribution in [0.25, 0.3) is 0 Å². The molecule has 0 aromatic heterocycles. The predicted molar refractivity (Wildman–Crippen MR) is 321 cm³/mol. The van der Waals surface area contributed by atoms with E-state index >= 15 is 0 Å². The number of rotatable bonds is 62. The number of hydrogen-bond donors (Lipinski definition) is 4. The summed E-state index contributed by atoms with van der Waals surface area (Å²) in [5.41, 5.74) is 0. The highest BCUT2D eigenvalue weighted by Gasteiger charge is 2.16. The Bertz CT molecular complexity index is 1330. The van der Waals surface area contributed by atoms with Crippen LogP contribution in [-0.2, 0) is 23.6 Å². The molecule has 0 aliphatic carbocycles. The average molecular weight is 1100 g/mol. The van der Waals surface area contributed by atoms with E-state index in [1.54, 1.807) is 0 Å². The van der Waals surface area contributed by atoms with Crippen molar-refractivity contribution in [3.8, 4) is 0 Å². The molecular weight excluding hydrogens is 974 g/mol. The van der Waals surface area contributed by atoms with Gasteiger partial charge in [-0.1, -0.05) is 199 Å². The molecule has 0 fully saturated rings. The molecule has 0 saturated heterocycles. The second kappa shape index (κ2) is 59.5. The molecule has 0 heterocycles. The molecular formula is C63H124N3O9P. The second-order valence-corrected chi connectivity index (χ2v) is 23.8. The highest BCUT2D eigenvalue weighted by Crippen LogP contribution is 2.33. The molecule has 0 rings (SSSR count). The Kier molecular flexibility index (Phi) is 58.2. The van der Waals surface area contributed by atoms with Crippen molar-refractivity contribution in [2.75, 3.05) is 91.5 Å². The summed E-state index contributed by atoms with van der Waals surface area (Å²) in [6.07, 6.45) is 54.9. The van der Waals surface area contributed by atoms with E-state index in [4.69, 9.17) is 9.47 Å². The van der Waals surface area contributed by atoms with Gasteiger partial charge in [-0.05, 0) is 116 Å². The van der Waals surface area contributed by atoms with E-state index in [1.807, 2.05) is 0 Å². The van der Waals surface area contributed by atoms with Crippen molar-refractivity contribution in [3.63, 3.8) is 0 Å². The zero-order valence-electron chi connectivity index (χ0n) is 49.8. The van der Waals surface area contributed by atoms with Crippen LogP contribution in [0, 0.1) is 0 Å². The molecule has 4 N–H and O–H groups in total. The summed E-state index contributed by atoms with van der Waals surface area (Å²) >= 11 is 0. The van der Waals surface area contributed by atoms with Crippen LogP contribution in [0.5, 0.6) is 0 Å². The van der Waals surface area contributed by atoms with Crippen molar-refractivity contribution in [3.05, 3.63) is 24.3 Å². The summed E-state index contributed by atoms with van der Waals surface area (Å²) in [7, 11) is -4.03. The third-order valence-corrected chi connectivity index (χ3v) is 15.6. The van der Waals surface area contributed by atoms with Crippen molar-refractivity contribution in [2.45, 2.75) is 277 Å². The molecule has 0 atom stereocenters. The SMILES string of the molecule is CCCCC/C=C\CCN(CCO)CCCCCCCCCCOC(=O)CCCCCCCCCN(CCCCCCCCCC(=O)OCCCCCCCCCN(CCO)CC/C=C\CCCCC)CCP(=O)(O)O. The van der Waals surface area contributed by atoms with Gasteiger partial charge >= 0.3 is 19.5 Å². The first kappa shape index (κ1) is 74.4. The Morgan fingerprint density at radius 3 is 0.961 bits per heavy atom. The molecule has 0 saturated carbocycles. The number of ether oxygens (including phenoxy) is 2. The Hall–Kier alpha value is -1.63. The third-order valence-electron chi connectivity index (χ3n) is 14.8. The smallest absolute Gasteiger partial charge is 0.326 e. The Labute approximate surface area is 468 Å². The number of aliphatic hydroxyl groups excluding tert-OH is 2. The van der Waals surface area contributed by atoms with Crippen molar-refractivity contribution in [2.24, 2.45) is 0 Å². The minimum absolute atomic E-state index is 0.0663. The summed E-state index contributed by atoms with van der Waals surface area (Å²) in [5.74, 6) is -0.136. The molecule has 12 nitrogen and oxygen atoms in total. The molecule has 0 radical (unpaired) electrons. The lowest BCUT2D eigenvalue weighted by molar-refractivity contribution is -0.144. The summed E-state index contributed by atoms with van der Waals surface area (Å²) in [6.45, 7) is 13.9. The van der Waals surface area contributed by atoms with Gasteiger partial charge in [0.1, 0.15) is 0 Å². The lowest BCUT2D eigenvalue weighted by Gasteiger charge is -2.22. The molecule has 0 unspecified atom stereocenters. The molecule has 0 aliphatic heterocycles. The van der Waals surface area contributed by atoms with E-state index in [-0.39, 0.29) is 31.3 Å². The van der Waals surface area contributed by atoms with Gasteiger partial charge in [0.05, 0.1) is 32.6 Å². The van der Waals surface area contributed by atoms with Crippen molar-refractivity contribution in [1.82, 2.24) is 14.7 Å².